The summed E-state index contributed by atoms with van der Waals surface area (Å²) in [6.45, 7) is 1.77. The van der Waals surface area contributed by atoms with Gasteiger partial charge in [-0.3, -0.25) is 0 Å². The van der Waals surface area contributed by atoms with Crippen LogP contribution in [0.5, 0.6) is 0 Å². The van der Waals surface area contributed by atoms with Crippen LogP contribution in [0.15, 0.2) is 18.3 Å². The number of carboxylic acid groups (broad SMARTS) is 1. The highest BCUT2D eigenvalue weighted by atomic mass is 16.6. The number of rotatable bonds is 4. The average molecular weight is 292 g/mol. The topological polar surface area (TPSA) is 71.8 Å². The number of amides is 1. The van der Waals surface area contributed by atoms with Gasteiger partial charge >= 0.3 is 12.1 Å². The molecule has 1 aliphatic heterocycles. The van der Waals surface area contributed by atoms with Crippen molar-refractivity contribution in [1.29, 1.82) is 0 Å². The van der Waals surface area contributed by atoms with E-state index in [1.807, 2.05) is 0 Å². The summed E-state index contributed by atoms with van der Waals surface area (Å²) < 4.78 is 7.08. The zero-order chi connectivity index (χ0) is 14.8. The van der Waals surface area contributed by atoms with E-state index in [1.54, 1.807) is 27.8 Å². The van der Waals surface area contributed by atoms with E-state index in [2.05, 4.69) is 0 Å². The lowest BCUT2D eigenvalue weighted by atomic mass is 10.1. The minimum atomic E-state index is -0.911. The van der Waals surface area contributed by atoms with Gasteiger partial charge in [-0.2, -0.15) is 0 Å². The van der Waals surface area contributed by atoms with Gasteiger partial charge < -0.3 is 19.3 Å². The third kappa shape index (κ3) is 3.20. The Kier molecular flexibility index (Phi) is 3.86. The first-order valence-corrected chi connectivity index (χ1v) is 7.47. The number of hydrogen-bond acceptors (Lipinski definition) is 3. The maximum atomic E-state index is 11.9. The van der Waals surface area contributed by atoms with Crippen molar-refractivity contribution in [2.45, 2.75) is 31.7 Å². The van der Waals surface area contributed by atoms with E-state index in [9.17, 15) is 9.59 Å². The third-order valence-electron chi connectivity index (χ3n) is 4.25. The molecule has 0 aromatic carbocycles. The molecule has 0 radical (unpaired) electrons. The Labute approximate surface area is 123 Å². The second kappa shape index (κ2) is 5.79. The number of piperidine rings is 1. The molecule has 6 heteroatoms. The van der Waals surface area contributed by atoms with Crippen molar-refractivity contribution in [2.75, 3.05) is 19.7 Å². The Morgan fingerprint density at radius 3 is 2.57 bits per heavy atom. The van der Waals surface area contributed by atoms with E-state index < -0.39 is 5.97 Å². The van der Waals surface area contributed by atoms with Crippen molar-refractivity contribution in [2.24, 2.45) is 5.92 Å². The molecule has 0 bridgehead atoms. The number of carbonyl (C=O) groups is 2. The summed E-state index contributed by atoms with van der Waals surface area (Å²) in [5.74, 6) is -0.337. The lowest BCUT2D eigenvalue weighted by Crippen LogP contribution is -2.39. The highest BCUT2D eigenvalue weighted by Crippen LogP contribution is 2.29. The molecule has 1 N–H and O–H groups in total. The summed E-state index contributed by atoms with van der Waals surface area (Å²) in [4.78, 5) is 24.8. The number of carbonyl (C=O) groups excluding carboxylic acids is 1. The standard InChI is InChI=1S/C15H20N2O4/c18-14(19)13-2-1-7-17(13)12-5-8-16(9-6-12)15(20)21-10-11-3-4-11/h1-2,7,11-12H,3-6,8-10H2,(H,18,19). The van der Waals surface area contributed by atoms with Crippen LogP contribution in [0.3, 0.4) is 0 Å². The summed E-state index contributed by atoms with van der Waals surface area (Å²) in [7, 11) is 0. The zero-order valence-corrected chi connectivity index (χ0v) is 11.9. The number of likely N-dealkylation sites (tertiary alicyclic amines) is 1. The Morgan fingerprint density at radius 2 is 1.95 bits per heavy atom. The Hall–Kier alpha value is -1.98. The molecule has 1 aromatic rings. The molecule has 21 heavy (non-hydrogen) atoms. The molecule has 3 rings (SSSR count). The lowest BCUT2D eigenvalue weighted by Gasteiger charge is -2.32. The molecule has 1 saturated heterocycles. The molecule has 1 aromatic heterocycles. The van der Waals surface area contributed by atoms with Gasteiger partial charge in [0.05, 0.1) is 6.61 Å². The predicted molar refractivity (Wildman–Crippen MR) is 75.3 cm³/mol. The van der Waals surface area contributed by atoms with Gasteiger partial charge in [-0.25, -0.2) is 9.59 Å². The van der Waals surface area contributed by atoms with Crippen molar-refractivity contribution in [1.82, 2.24) is 9.47 Å². The van der Waals surface area contributed by atoms with Crippen molar-refractivity contribution in [3.8, 4) is 0 Å². The Bertz CT molecular complexity index is 528. The minimum absolute atomic E-state index is 0.138. The molecule has 6 nitrogen and oxygen atoms in total. The van der Waals surface area contributed by atoms with Gasteiger partial charge in [-0.05, 0) is 43.7 Å². The second-order valence-corrected chi connectivity index (χ2v) is 5.84. The molecule has 1 aliphatic carbocycles. The van der Waals surface area contributed by atoms with Crippen LogP contribution >= 0.6 is 0 Å². The summed E-state index contributed by atoms with van der Waals surface area (Å²) >= 11 is 0. The fraction of sp³-hybridized carbons (Fsp3) is 0.600. The molecule has 0 atom stereocenters. The summed E-state index contributed by atoms with van der Waals surface area (Å²) in [5.41, 5.74) is 0.310. The Balaban J connectivity index is 1.53. The van der Waals surface area contributed by atoms with Gasteiger partial charge in [0, 0.05) is 25.3 Å². The van der Waals surface area contributed by atoms with E-state index in [0.29, 0.717) is 31.3 Å². The van der Waals surface area contributed by atoms with Crippen LogP contribution in [-0.2, 0) is 4.74 Å². The molecular weight excluding hydrogens is 272 g/mol. The van der Waals surface area contributed by atoms with Crippen LogP contribution in [0.2, 0.25) is 0 Å². The van der Waals surface area contributed by atoms with Crippen LogP contribution in [-0.4, -0.2) is 46.3 Å². The van der Waals surface area contributed by atoms with E-state index >= 15 is 0 Å². The fourth-order valence-electron chi connectivity index (χ4n) is 2.78. The van der Waals surface area contributed by atoms with Gasteiger partial charge in [0.25, 0.3) is 0 Å². The normalized spacial score (nSPS) is 19.5. The first-order chi connectivity index (χ1) is 10.1. The number of nitrogens with zero attached hydrogens (tertiary/aromatic N) is 2. The molecule has 2 fully saturated rings. The van der Waals surface area contributed by atoms with E-state index in [4.69, 9.17) is 9.84 Å². The first kappa shape index (κ1) is 14.0. The van der Waals surface area contributed by atoms with Crippen LogP contribution in [0.1, 0.15) is 42.2 Å². The monoisotopic (exact) mass is 292 g/mol. The zero-order valence-electron chi connectivity index (χ0n) is 11.9. The van der Waals surface area contributed by atoms with Gasteiger partial charge in [0.15, 0.2) is 0 Å². The maximum Gasteiger partial charge on any atom is 0.409 e. The van der Waals surface area contributed by atoms with Crippen molar-refractivity contribution in [3.05, 3.63) is 24.0 Å². The largest absolute Gasteiger partial charge is 0.477 e. The SMILES string of the molecule is O=C(O)c1cccn1C1CCN(C(=O)OCC2CC2)CC1. The van der Waals surface area contributed by atoms with E-state index in [1.165, 1.54) is 12.8 Å². The molecule has 1 amide bonds. The van der Waals surface area contributed by atoms with Crippen molar-refractivity contribution < 1.29 is 19.4 Å². The summed E-state index contributed by atoms with van der Waals surface area (Å²) in [5, 5.41) is 9.15. The molecular formula is C15H20N2O4. The molecule has 2 aliphatic rings. The predicted octanol–water partition coefficient (Wildman–Crippen LogP) is 2.37. The second-order valence-electron chi connectivity index (χ2n) is 5.84. The van der Waals surface area contributed by atoms with Crippen LogP contribution in [0.25, 0.3) is 0 Å². The summed E-state index contributed by atoms with van der Waals surface area (Å²) in [6.07, 6.45) is 5.42. The number of aromatic carboxylic acids is 1. The lowest BCUT2D eigenvalue weighted by molar-refractivity contribution is 0.0669. The molecule has 1 saturated carbocycles. The smallest absolute Gasteiger partial charge is 0.409 e. The third-order valence-corrected chi connectivity index (χ3v) is 4.25. The summed E-state index contributed by atoms with van der Waals surface area (Å²) in [6, 6.07) is 3.50. The average Bonchev–Trinajstić information content (AvgIpc) is 3.18. The molecule has 0 unspecified atom stereocenters. The van der Waals surface area contributed by atoms with E-state index in [0.717, 1.165) is 12.8 Å². The number of hydrogen-bond donors (Lipinski definition) is 1. The van der Waals surface area contributed by atoms with Gasteiger partial charge in [0.1, 0.15) is 5.69 Å². The molecule has 2 heterocycles. The van der Waals surface area contributed by atoms with Gasteiger partial charge in [-0.15, -0.1) is 0 Å². The highest BCUT2D eigenvalue weighted by Gasteiger charge is 2.28. The number of carboxylic acids is 1. The number of ether oxygens (including phenoxy) is 1. The Morgan fingerprint density at radius 1 is 1.24 bits per heavy atom. The molecule has 114 valence electrons. The van der Waals surface area contributed by atoms with Crippen molar-refractivity contribution >= 4 is 12.1 Å². The number of aromatic nitrogens is 1. The quantitative estimate of drug-likeness (QED) is 0.924. The van der Waals surface area contributed by atoms with E-state index in [-0.39, 0.29) is 12.1 Å². The van der Waals surface area contributed by atoms with Crippen LogP contribution in [0.4, 0.5) is 4.79 Å². The van der Waals surface area contributed by atoms with Crippen LogP contribution < -0.4 is 0 Å². The minimum Gasteiger partial charge on any atom is -0.477 e. The fourth-order valence-corrected chi connectivity index (χ4v) is 2.78. The first-order valence-electron chi connectivity index (χ1n) is 7.47. The van der Waals surface area contributed by atoms with Crippen molar-refractivity contribution in [3.63, 3.8) is 0 Å². The van der Waals surface area contributed by atoms with Crippen LogP contribution in [0, 0.1) is 5.92 Å². The molecule has 0 spiro atoms. The maximum absolute atomic E-state index is 11.9. The highest BCUT2D eigenvalue weighted by molar-refractivity contribution is 5.85. The van der Waals surface area contributed by atoms with Gasteiger partial charge in [0.2, 0.25) is 0 Å². The van der Waals surface area contributed by atoms with Gasteiger partial charge in [-0.1, -0.05) is 0 Å².